The summed E-state index contributed by atoms with van der Waals surface area (Å²) in [4.78, 5) is 30.6. The van der Waals surface area contributed by atoms with Crippen molar-refractivity contribution < 1.29 is 19.2 Å². The molecule has 124 valence electrons. The molecule has 5 atom stereocenters. The summed E-state index contributed by atoms with van der Waals surface area (Å²) in [5.41, 5.74) is 0.767. The maximum Gasteiger partial charge on any atom is 0.285 e. The molecule has 0 bridgehead atoms. The molecule has 2 aliphatic heterocycles. The Balaban J connectivity index is 1.80. The first-order valence-electron chi connectivity index (χ1n) is 8.25. The molecule has 1 saturated heterocycles. The van der Waals surface area contributed by atoms with E-state index in [0.717, 1.165) is 11.5 Å². The smallest absolute Gasteiger partial charge is 0.285 e. The maximum atomic E-state index is 12.4. The lowest BCUT2D eigenvalue weighted by molar-refractivity contribution is -0.303. The minimum Gasteiger partial charge on any atom is -0.346 e. The third-order valence-electron chi connectivity index (χ3n) is 5.35. The lowest BCUT2D eigenvalue weighted by Gasteiger charge is -2.43. The molecule has 2 amide bonds. The Morgan fingerprint density at radius 1 is 1.00 bits per heavy atom. The van der Waals surface area contributed by atoms with Crippen LogP contribution in [-0.2, 0) is 9.57 Å². The highest BCUT2D eigenvalue weighted by molar-refractivity contribution is 6.20. The number of ether oxygens (including phenoxy) is 1. The highest BCUT2D eigenvalue weighted by atomic mass is 16.8. The van der Waals surface area contributed by atoms with Gasteiger partial charge in [0, 0.05) is 5.92 Å². The lowest BCUT2D eigenvalue weighted by Crippen LogP contribution is -2.49. The maximum absolute atomic E-state index is 12.4. The fourth-order valence-electron chi connectivity index (χ4n) is 3.44. The second-order valence-corrected chi connectivity index (χ2v) is 6.58. The van der Waals surface area contributed by atoms with Crippen molar-refractivity contribution in [1.29, 1.82) is 0 Å². The lowest BCUT2D eigenvalue weighted by atomic mass is 9.78. The molecule has 2 unspecified atom stereocenters. The molecule has 3 rings (SSSR count). The number of fused-ring (bicyclic) bond motifs is 1. The van der Waals surface area contributed by atoms with Crippen LogP contribution >= 0.6 is 0 Å². The average Bonchev–Trinajstić information content (AvgIpc) is 2.80. The molecule has 5 nitrogen and oxygen atoms in total. The van der Waals surface area contributed by atoms with Crippen molar-refractivity contribution in [2.24, 2.45) is 17.8 Å². The van der Waals surface area contributed by atoms with Crippen LogP contribution in [0.4, 0.5) is 0 Å². The third-order valence-corrected chi connectivity index (χ3v) is 5.35. The van der Waals surface area contributed by atoms with E-state index in [1.807, 2.05) is 6.92 Å². The summed E-state index contributed by atoms with van der Waals surface area (Å²) in [5.74, 6) is 0.0597. The van der Waals surface area contributed by atoms with Crippen molar-refractivity contribution in [3.63, 3.8) is 0 Å². The van der Waals surface area contributed by atoms with Crippen molar-refractivity contribution in [3.8, 4) is 0 Å². The predicted octanol–water partition coefficient (Wildman–Crippen LogP) is 3.26. The molecule has 0 N–H and O–H groups in total. The van der Waals surface area contributed by atoms with Gasteiger partial charge in [0.15, 0.2) is 6.29 Å². The van der Waals surface area contributed by atoms with E-state index in [4.69, 9.17) is 9.57 Å². The summed E-state index contributed by atoms with van der Waals surface area (Å²) >= 11 is 0. The third kappa shape index (κ3) is 2.58. The number of benzene rings is 1. The largest absolute Gasteiger partial charge is 0.346 e. The molecule has 2 aliphatic rings. The average molecular weight is 317 g/mol. The standard InChI is InChI=1S/C18H23NO4/c1-5-15-11(3)10(2)12(4)18(22-15)23-19-16(20)13-8-6-7-9-14(13)17(19)21/h6-12,15,18H,5H2,1-4H3/t10-,11-,12?,15?,18-/m0/s1. The van der Waals surface area contributed by atoms with Crippen LogP contribution < -0.4 is 0 Å². The van der Waals surface area contributed by atoms with Gasteiger partial charge >= 0.3 is 0 Å². The normalized spacial score (nSPS) is 33.9. The topological polar surface area (TPSA) is 55.8 Å². The molecule has 1 fully saturated rings. The first-order valence-corrected chi connectivity index (χ1v) is 8.25. The number of rotatable bonds is 3. The highest BCUT2D eigenvalue weighted by Gasteiger charge is 2.44. The molecule has 5 heteroatoms. The minimum atomic E-state index is -0.589. The quantitative estimate of drug-likeness (QED) is 0.803. The summed E-state index contributed by atoms with van der Waals surface area (Å²) in [6, 6.07) is 6.77. The monoisotopic (exact) mass is 317 g/mol. The summed E-state index contributed by atoms with van der Waals surface area (Å²) in [5, 5.41) is 0.862. The molecule has 1 aromatic rings. The van der Waals surface area contributed by atoms with Gasteiger partial charge in [-0.2, -0.15) is 0 Å². The van der Waals surface area contributed by atoms with Gasteiger partial charge in [0.05, 0.1) is 17.2 Å². The van der Waals surface area contributed by atoms with E-state index in [0.29, 0.717) is 23.0 Å². The van der Waals surface area contributed by atoms with Crippen LogP contribution in [-0.4, -0.2) is 29.3 Å². The van der Waals surface area contributed by atoms with E-state index < -0.39 is 18.1 Å². The molecule has 0 saturated carbocycles. The van der Waals surface area contributed by atoms with E-state index in [1.54, 1.807) is 24.3 Å². The van der Waals surface area contributed by atoms with Crippen molar-refractivity contribution in [1.82, 2.24) is 5.06 Å². The van der Waals surface area contributed by atoms with Gasteiger partial charge in [-0.1, -0.05) is 39.8 Å². The van der Waals surface area contributed by atoms with Gasteiger partial charge < -0.3 is 4.74 Å². The number of hydrogen-bond donors (Lipinski definition) is 0. The summed E-state index contributed by atoms with van der Waals surface area (Å²) in [6.07, 6.45) is 0.356. The number of carbonyl (C=O) groups is 2. The molecule has 23 heavy (non-hydrogen) atoms. The van der Waals surface area contributed by atoms with E-state index in [1.165, 1.54) is 0 Å². The second-order valence-electron chi connectivity index (χ2n) is 6.58. The van der Waals surface area contributed by atoms with Crippen LogP contribution in [0.5, 0.6) is 0 Å². The van der Waals surface area contributed by atoms with Crippen LogP contribution in [0.3, 0.4) is 0 Å². The summed E-state index contributed by atoms with van der Waals surface area (Å²) in [7, 11) is 0. The van der Waals surface area contributed by atoms with Crippen LogP contribution in [0, 0.1) is 17.8 Å². The first-order chi connectivity index (χ1) is 11.0. The summed E-state index contributed by atoms with van der Waals surface area (Å²) in [6.45, 7) is 8.45. The molecule has 0 radical (unpaired) electrons. The van der Waals surface area contributed by atoms with E-state index in [-0.39, 0.29) is 12.0 Å². The van der Waals surface area contributed by atoms with Crippen LogP contribution in [0.2, 0.25) is 0 Å². The van der Waals surface area contributed by atoms with Crippen LogP contribution in [0.1, 0.15) is 54.8 Å². The van der Waals surface area contributed by atoms with Crippen molar-refractivity contribution >= 4 is 11.8 Å². The molecule has 1 aromatic carbocycles. The zero-order valence-electron chi connectivity index (χ0n) is 14.0. The molecular weight excluding hydrogens is 294 g/mol. The number of imide groups is 1. The van der Waals surface area contributed by atoms with Crippen LogP contribution in [0.25, 0.3) is 0 Å². The Morgan fingerprint density at radius 3 is 2.09 bits per heavy atom. The second kappa shape index (κ2) is 6.06. The Hall–Kier alpha value is -1.72. The molecular formula is C18H23NO4. The SMILES string of the molecule is CCC1O[C@@H](ON2C(=O)c3ccccc3C2=O)C(C)[C@@H](C)[C@@H]1C. The van der Waals surface area contributed by atoms with Crippen molar-refractivity contribution in [2.75, 3.05) is 0 Å². The molecule has 2 heterocycles. The number of amides is 2. The van der Waals surface area contributed by atoms with E-state index >= 15 is 0 Å². The minimum absolute atomic E-state index is 0.0707. The number of hydrogen-bond acceptors (Lipinski definition) is 4. The van der Waals surface area contributed by atoms with Gasteiger partial charge in [0.2, 0.25) is 0 Å². The van der Waals surface area contributed by atoms with E-state index in [2.05, 4.69) is 20.8 Å². The number of nitrogens with zero attached hydrogens (tertiary/aromatic N) is 1. The number of carbonyl (C=O) groups excluding carboxylic acids is 2. The molecule has 0 spiro atoms. The molecule has 0 aromatic heterocycles. The zero-order chi connectivity index (χ0) is 16.7. The fraction of sp³-hybridized carbons (Fsp3) is 0.556. The Kier molecular flexibility index (Phi) is 4.25. The Labute approximate surface area is 136 Å². The fourth-order valence-corrected chi connectivity index (χ4v) is 3.44. The predicted molar refractivity (Wildman–Crippen MR) is 84.5 cm³/mol. The zero-order valence-corrected chi connectivity index (χ0v) is 14.0. The van der Waals surface area contributed by atoms with Gasteiger partial charge in [0.1, 0.15) is 0 Å². The van der Waals surface area contributed by atoms with E-state index in [9.17, 15) is 9.59 Å². The number of hydroxylamine groups is 2. The van der Waals surface area contributed by atoms with Gasteiger partial charge in [-0.15, -0.1) is 5.06 Å². The van der Waals surface area contributed by atoms with Gasteiger partial charge in [-0.25, -0.2) is 4.84 Å². The van der Waals surface area contributed by atoms with Gasteiger partial charge in [0.25, 0.3) is 11.8 Å². The Morgan fingerprint density at radius 2 is 1.57 bits per heavy atom. The molecule has 0 aliphatic carbocycles. The summed E-state index contributed by atoms with van der Waals surface area (Å²) < 4.78 is 6.02. The Bertz CT molecular complexity index is 592. The van der Waals surface area contributed by atoms with Gasteiger partial charge in [-0.3, -0.25) is 9.59 Å². The highest BCUT2D eigenvalue weighted by Crippen LogP contribution is 2.37. The van der Waals surface area contributed by atoms with Crippen molar-refractivity contribution in [2.45, 2.75) is 46.5 Å². The first kappa shape index (κ1) is 16.1. The van der Waals surface area contributed by atoms with Gasteiger partial charge in [-0.05, 0) is 30.4 Å². The van der Waals surface area contributed by atoms with Crippen molar-refractivity contribution in [3.05, 3.63) is 35.4 Å². The van der Waals surface area contributed by atoms with Crippen LogP contribution in [0.15, 0.2) is 24.3 Å².